The number of amides is 1. The molecule has 0 saturated carbocycles. The molecule has 6 nitrogen and oxygen atoms in total. The average molecular weight is 378 g/mol. The minimum atomic E-state index is 0.0570. The number of H-pyrrole nitrogens is 1. The summed E-state index contributed by atoms with van der Waals surface area (Å²) in [5.74, 6) is 0.0570. The number of likely N-dealkylation sites (tertiary alicyclic amines) is 1. The first-order chi connectivity index (χ1) is 13.6. The highest BCUT2D eigenvalue weighted by Gasteiger charge is 2.27. The fourth-order valence-corrected chi connectivity index (χ4v) is 3.92. The van der Waals surface area contributed by atoms with Crippen LogP contribution in [-0.4, -0.2) is 57.0 Å². The minimum absolute atomic E-state index is 0.0570. The van der Waals surface area contributed by atoms with Gasteiger partial charge in [0.15, 0.2) is 0 Å². The number of likely N-dealkylation sites (N-methyl/N-ethyl adjacent to an activating group) is 1. The van der Waals surface area contributed by atoms with Gasteiger partial charge < -0.3 is 15.0 Å². The molecule has 1 aliphatic heterocycles. The van der Waals surface area contributed by atoms with Crippen molar-refractivity contribution >= 4 is 16.8 Å². The Morgan fingerprint density at radius 3 is 2.82 bits per heavy atom. The number of aromatic amines is 1. The van der Waals surface area contributed by atoms with Crippen LogP contribution in [0, 0.1) is 0 Å². The quantitative estimate of drug-likeness (QED) is 0.716. The van der Waals surface area contributed by atoms with Crippen LogP contribution in [0.2, 0.25) is 0 Å². The molecule has 2 N–H and O–H groups in total. The molecule has 146 valence electrons. The zero-order valence-electron chi connectivity index (χ0n) is 16.1. The van der Waals surface area contributed by atoms with E-state index in [1.807, 2.05) is 29.2 Å². The zero-order chi connectivity index (χ0) is 19.5. The van der Waals surface area contributed by atoms with E-state index in [0.717, 1.165) is 48.9 Å². The molecule has 2 aromatic heterocycles. The molecule has 0 spiro atoms. The van der Waals surface area contributed by atoms with Crippen molar-refractivity contribution in [3.63, 3.8) is 0 Å². The van der Waals surface area contributed by atoms with E-state index in [1.54, 1.807) is 12.4 Å². The van der Waals surface area contributed by atoms with Crippen LogP contribution in [0.5, 0.6) is 0 Å². The summed E-state index contributed by atoms with van der Waals surface area (Å²) in [7, 11) is 2.12. The predicted molar refractivity (Wildman–Crippen MR) is 109 cm³/mol. The monoisotopic (exact) mass is 378 g/mol. The standard InChI is InChI=1S/C22H26N4O2/c1-25(13-16-4-6-17(15-27)7-5-16)19-3-2-10-26(14-19)22(28)21-11-18-12-23-9-8-20(18)24-21/h4-9,11-12,19,24,27H,2-3,10,13-15H2,1H3. The van der Waals surface area contributed by atoms with Crippen molar-refractivity contribution in [2.24, 2.45) is 0 Å². The van der Waals surface area contributed by atoms with E-state index in [4.69, 9.17) is 0 Å². The van der Waals surface area contributed by atoms with Crippen LogP contribution < -0.4 is 0 Å². The molecule has 1 saturated heterocycles. The van der Waals surface area contributed by atoms with E-state index in [2.05, 4.69) is 34.0 Å². The Hall–Kier alpha value is -2.70. The Bertz CT molecular complexity index is 918. The maximum absolute atomic E-state index is 13.0. The van der Waals surface area contributed by atoms with E-state index in [9.17, 15) is 9.90 Å². The number of hydrogen-bond acceptors (Lipinski definition) is 4. The number of carbonyl (C=O) groups excluding carboxylic acids is 1. The number of piperidine rings is 1. The van der Waals surface area contributed by atoms with Gasteiger partial charge in [-0.05, 0) is 43.1 Å². The van der Waals surface area contributed by atoms with Gasteiger partial charge in [0.25, 0.3) is 5.91 Å². The lowest BCUT2D eigenvalue weighted by Gasteiger charge is -2.37. The summed E-state index contributed by atoms with van der Waals surface area (Å²) in [6, 6.07) is 12.2. The van der Waals surface area contributed by atoms with Crippen molar-refractivity contribution in [2.45, 2.75) is 32.0 Å². The fourth-order valence-electron chi connectivity index (χ4n) is 3.92. The summed E-state index contributed by atoms with van der Waals surface area (Å²) in [6.45, 7) is 2.43. The summed E-state index contributed by atoms with van der Waals surface area (Å²) < 4.78 is 0. The molecule has 0 aliphatic carbocycles. The number of hydrogen-bond donors (Lipinski definition) is 2. The topological polar surface area (TPSA) is 72.5 Å². The van der Waals surface area contributed by atoms with E-state index in [0.29, 0.717) is 11.7 Å². The molecule has 1 atom stereocenters. The Labute approximate surface area is 164 Å². The number of rotatable bonds is 5. The lowest BCUT2D eigenvalue weighted by atomic mass is 10.0. The molecule has 4 rings (SSSR count). The third kappa shape index (κ3) is 3.93. The molecular formula is C22H26N4O2. The van der Waals surface area contributed by atoms with Gasteiger partial charge in [-0.2, -0.15) is 0 Å². The molecule has 1 aliphatic rings. The number of fused-ring (bicyclic) bond motifs is 1. The van der Waals surface area contributed by atoms with Gasteiger partial charge in [0.05, 0.1) is 6.61 Å². The third-order valence-corrected chi connectivity index (χ3v) is 5.60. The number of aliphatic hydroxyl groups excluding tert-OH is 1. The Morgan fingerprint density at radius 1 is 1.29 bits per heavy atom. The number of nitrogens with zero attached hydrogens (tertiary/aromatic N) is 3. The fraction of sp³-hybridized carbons (Fsp3) is 0.364. The van der Waals surface area contributed by atoms with Crippen molar-refractivity contribution in [1.29, 1.82) is 0 Å². The normalized spacial score (nSPS) is 17.4. The van der Waals surface area contributed by atoms with E-state index >= 15 is 0 Å². The second-order valence-corrected chi connectivity index (χ2v) is 7.58. The molecule has 1 unspecified atom stereocenters. The summed E-state index contributed by atoms with van der Waals surface area (Å²) in [5.41, 5.74) is 3.71. The largest absolute Gasteiger partial charge is 0.392 e. The Morgan fingerprint density at radius 2 is 2.07 bits per heavy atom. The van der Waals surface area contributed by atoms with Crippen molar-refractivity contribution in [3.05, 3.63) is 65.6 Å². The van der Waals surface area contributed by atoms with Crippen LogP contribution >= 0.6 is 0 Å². The first-order valence-corrected chi connectivity index (χ1v) is 9.75. The number of aliphatic hydroxyl groups is 1. The first kappa shape index (κ1) is 18.7. The number of aromatic nitrogens is 2. The molecule has 28 heavy (non-hydrogen) atoms. The second-order valence-electron chi connectivity index (χ2n) is 7.58. The van der Waals surface area contributed by atoms with Crippen LogP contribution in [0.25, 0.3) is 10.9 Å². The minimum Gasteiger partial charge on any atom is -0.392 e. The Balaban J connectivity index is 1.42. The van der Waals surface area contributed by atoms with Gasteiger partial charge in [-0.15, -0.1) is 0 Å². The Kier molecular flexibility index (Phi) is 5.41. The zero-order valence-corrected chi connectivity index (χ0v) is 16.1. The lowest BCUT2D eigenvalue weighted by Crippen LogP contribution is -2.48. The van der Waals surface area contributed by atoms with Gasteiger partial charge in [-0.1, -0.05) is 24.3 Å². The predicted octanol–water partition coefficient (Wildman–Crippen LogP) is 2.79. The smallest absolute Gasteiger partial charge is 0.270 e. The third-order valence-electron chi connectivity index (χ3n) is 5.60. The van der Waals surface area contributed by atoms with E-state index in [-0.39, 0.29) is 12.5 Å². The first-order valence-electron chi connectivity index (χ1n) is 9.75. The SMILES string of the molecule is CN(Cc1ccc(CO)cc1)C1CCCN(C(=O)c2cc3cnccc3[nH]2)C1. The summed E-state index contributed by atoms with van der Waals surface area (Å²) >= 11 is 0. The summed E-state index contributed by atoms with van der Waals surface area (Å²) in [5, 5.41) is 10.1. The molecule has 1 amide bonds. The molecule has 1 fully saturated rings. The number of benzene rings is 1. The van der Waals surface area contributed by atoms with Crippen LogP contribution in [0.4, 0.5) is 0 Å². The van der Waals surface area contributed by atoms with Crippen molar-refractivity contribution < 1.29 is 9.90 Å². The molecule has 0 bridgehead atoms. The van der Waals surface area contributed by atoms with Gasteiger partial charge in [0.2, 0.25) is 0 Å². The van der Waals surface area contributed by atoms with Gasteiger partial charge >= 0.3 is 0 Å². The van der Waals surface area contributed by atoms with Crippen molar-refractivity contribution in [2.75, 3.05) is 20.1 Å². The number of nitrogens with one attached hydrogen (secondary N) is 1. The highest BCUT2D eigenvalue weighted by molar-refractivity contribution is 5.97. The van der Waals surface area contributed by atoms with Gasteiger partial charge in [-0.25, -0.2) is 0 Å². The molecule has 3 aromatic rings. The molecule has 6 heteroatoms. The molecule has 1 aromatic carbocycles. The summed E-state index contributed by atoms with van der Waals surface area (Å²) in [4.78, 5) is 24.6. The maximum atomic E-state index is 13.0. The van der Waals surface area contributed by atoms with Gasteiger partial charge in [-0.3, -0.25) is 14.7 Å². The number of carbonyl (C=O) groups is 1. The van der Waals surface area contributed by atoms with E-state index in [1.165, 1.54) is 5.56 Å². The van der Waals surface area contributed by atoms with Gasteiger partial charge in [0, 0.05) is 49.0 Å². The van der Waals surface area contributed by atoms with Crippen molar-refractivity contribution in [1.82, 2.24) is 19.8 Å². The van der Waals surface area contributed by atoms with Crippen molar-refractivity contribution in [3.8, 4) is 0 Å². The number of pyridine rings is 1. The van der Waals surface area contributed by atoms with Gasteiger partial charge in [0.1, 0.15) is 5.69 Å². The lowest BCUT2D eigenvalue weighted by molar-refractivity contribution is 0.0597. The van der Waals surface area contributed by atoms with Crippen LogP contribution in [0.15, 0.2) is 48.8 Å². The molecule has 0 radical (unpaired) electrons. The van der Waals surface area contributed by atoms with Crippen LogP contribution in [0.1, 0.15) is 34.5 Å². The average Bonchev–Trinajstić information content (AvgIpc) is 3.18. The highest BCUT2D eigenvalue weighted by Crippen LogP contribution is 2.21. The van der Waals surface area contributed by atoms with Crippen LogP contribution in [0.3, 0.4) is 0 Å². The van der Waals surface area contributed by atoms with E-state index < -0.39 is 0 Å². The second kappa shape index (κ2) is 8.12. The summed E-state index contributed by atoms with van der Waals surface area (Å²) in [6.07, 6.45) is 5.60. The van der Waals surface area contributed by atoms with Crippen LogP contribution in [-0.2, 0) is 13.2 Å². The molecular weight excluding hydrogens is 352 g/mol. The maximum Gasteiger partial charge on any atom is 0.270 e. The molecule has 3 heterocycles. The highest BCUT2D eigenvalue weighted by atomic mass is 16.3.